The fourth-order valence-corrected chi connectivity index (χ4v) is 4.00. The summed E-state index contributed by atoms with van der Waals surface area (Å²) in [6.07, 6.45) is 3.57. The second-order valence-corrected chi connectivity index (χ2v) is 6.62. The second-order valence-electron chi connectivity index (χ2n) is 6.62. The molecule has 2 aliphatic carbocycles. The highest BCUT2D eigenvalue weighted by molar-refractivity contribution is 5.80. The number of hydrogen-bond acceptors (Lipinski definition) is 2. The molecule has 0 saturated heterocycles. The summed E-state index contributed by atoms with van der Waals surface area (Å²) in [6.45, 7) is 2.76. The Morgan fingerprint density at radius 1 is 1.25 bits per heavy atom. The molecule has 2 bridgehead atoms. The number of carbonyl (C=O) groups excluding carboxylic acids is 1. The molecular formula is C17H24N2O. The largest absolute Gasteiger partial charge is 0.341 e. The molecular weight excluding hydrogens is 248 g/mol. The Morgan fingerprint density at radius 2 is 1.90 bits per heavy atom. The zero-order valence-corrected chi connectivity index (χ0v) is 12.4. The van der Waals surface area contributed by atoms with Crippen LogP contribution in [0.25, 0.3) is 0 Å². The Morgan fingerprint density at radius 3 is 2.50 bits per heavy atom. The average Bonchev–Trinajstić information content (AvgIpc) is 3.01. The minimum Gasteiger partial charge on any atom is -0.341 e. The van der Waals surface area contributed by atoms with Crippen molar-refractivity contribution in [2.45, 2.75) is 38.8 Å². The lowest BCUT2D eigenvalue weighted by atomic mass is 9.84. The van der Waals surface area contributed by atoms with Crippen molar-refractivity contribution in [3.05, 3.63) is 35.4 Å². The van der Waals surface area contributed by atoms with E-state index in [0.717, 1.165) is 6.42 Å². The van der Waals surface area contributed by atoms with Crippen molar-refractivity contribution in [2.24, 2.45) is 23.5 Å². The number of benzene rings is 1. The van der Waals surface area contributed by atoms with Crippen molar-refractivity contribution in [2.75, 3.05) is 7.05 Å². The predicted molar refractivity (Wildman–Crippen MR) is 79.9 cm³/mol. The molecule has 2 aliphatic rings. The van der Waals surface area contributed by atoms with Crippen LogP contribution in [-0.4, -0.2) is 23.9 Å². The van der Waals surface area contributed by atoms with Gasteiger partial charge in [-0.1, -0.05) is 29.8 Å². The van der Waals surface area contributed by atoms with E-state index in [1.807, 2.05) is 11.9 Å². The van der Waals surface area contributed by atoms with Crippen molar-refractivity contribution >= 4 is 5.91 Å². The van der Waals surface area contributed by atoms with E-state index in [0.29, 0.717) is 18.4 Å². The summed E-state index contributed by atoms with van der Waals surface area (Å²) in [5.41, 5.74) is 8.70. The lowest BCUT2D eigenvalue weighted by molar-refractivity contribution is -0.137. The molecule has 4 unspecified atom stereocenters. The number of hydrogen-bond donors (Lipinski definition) is 1. The molecule has 108 valence electrons. The van der Waals surface area contributed by atoms with Crippen molar-refractivity contribution in [1.29, 1.82) is 0 Å². The highest BCUT2D eigenvalue weighted by atomic mass is 16.2. The van der Waals surface area contributed by atoms with Gasteiger partial charge >= 0.3 is 0 Å². The zero-order chi connectivity index (χ0) is 14.3. The maximum atomic E-state index is 12.7. The summed E-state index contributed by atoms with van der Waals surface area (Å²) >= 11 is 0. The van der Waals surface area contributed by atoms with Gasteiger partial charge in [-0.25, -0.2) is 0 Å². The van der Waals surface area contributed by atoms with Crippen LogP contribution in [0.3, 0.4) is 0 Å². The Labute approximate surface area is 121 Å². The van der Waals surface area contributed by atoms with Crippen molar-refractivity contribution in [1.82, 2.24) is 4.90 Å². The standard InChI is InChI=1S/C17H24N2O/c1-11-3-5-12(6-4-11)10-19(2)17(20)15-13-7-8-14(9-13)16(15)18/h3-6,13-16H,7-10,18H2,1-2H3. The fourth-order valence-electron chi connectivity index (χ4n) is 4.00. The first-order valence-electron chi connectivity index (χ1n) is 7.62. The monoisotopic (exact) mass is 272 g/mol. The Balaban J connectivity index is 1.66. The summed E-state index contributed by atoms with van der Waals surface area (Å²) in [4.78, 5) is 14.5. The van der Waals surface area contributed by atoms with Gasteiger partial charge < -0.3 is 10.6 Å². The lowest BCUT2D eigenvalue weighted by Crippen LogP contribution is -2.45. The summed E-state index contributed by atoms with van der Waals surface area (Å²) < 4.78 is 0. The smallest absolute Gasteiger partial charge is 0.227 e. The van der Waals surface area contributed by atoms with Gasteiger partial charge in [-0.2, -0.15) is 0 Å². The second kappa shape index (κ2) is 5.21. The zero-order valence-electron chi connectivity index (χ0n) is 12.4. The van der Waals surface area contributed by atoms with E-state index in [2.05, 4.69) is 31.2 Å². The Kier molecular flexibility index (Phi) is 3.55. The third-order valence-corrected chi connectivity index (χ3v) is 5.18. The van der Waals surface area contributed by atoms with E-state index in [-0.39, 0.29) is 17.9 Å². The van der Waals surface area contributed by atoms with Crippen molar-refractivity contribution < 1.29 is 4.79 Å². The van der Waals surface area contributed by atoms with Crippen LogP contribution in [0.2, 0.25) is 0 Å². The Bertz CT molecular complexity index is 494. The molecule has 0 heterocycles. The van der Waals surface area contributed by atoms with Gasteiger partial charge in [0.1, 0.15) is 0 Å². The molecule has 2 saturated carbocycles. The van der Waals surface area contributed by atoms with E-state index in [4.69, 9.17) is 5.73 Å². The molecule has 1 amide bonds. The van der Waals surface area contributed by atoms with Crippen molar-refractivity contribution in [3.63, 3.8) is 0 Å². The highest BCUT2D eigenvalue weighted by Crippen LogP contribution is 2.48. The van der Waals surface area contributed by atoms with Crippen LogP contribution in [0.5, 0.6) is 0 Å². The molecule has 3 heteroatoms. The molecule has 2 fully saturated rings. The van der Waals surface area contributed by atoms with E-state index < -0.39 is 0 Å². The molecule has 2 N–H and O–H groups in total. The molecule has 3 rings (SSSR count). The van der Waals surface area contributed by atoms with Gasteiger partial charge in [0.2, 0.25) is 5.91 Å². The summed E-state index contributed by atoms with van der Waals surface area (Å²) in [7, 11) is 1.90. The average molecular weight is 272 g/mol. The third-order valence-electron chi connectivity index (χ3n) is 5.18. The number of nitrogens with two attached hydrogens (primary N) is 1. The SMILES string of the molecule is Cc1ccc(CN(C)C(=O)C2C3CCC(C3)C2N)cc1. The number of nitrogens with zero attached hydrogens (tertiary/aromatic N) is 1. The van der Waals surface area contributed by atoms with Gasteiger partial charge in [0.15, 0.2) is 0 Å². The number of carbonyl (C=O) groups is 1. The van der Waals surface area contributed by atoms with Gasteiger partial charge in [0.25, 0.3) is 0 Å². The summed E-state index contributed by atoms with van der Waals surface area (Å²) in [5.74, 6) is 1.42. The van der Waals surface area contributed by atoms with Crippen molar-refractivity contribution in [3.8, 4) is 0 Å². The number of fused-ring (bicyclic) bond motifs is 2. The molecule has 0 aliphatic heterocycles. The minimum absolute atomic E-state index is 0.0594. The topological polar surface area (TPSA) is 46.3 Å². The van der Waals surface area contributed by atoms with Crippen LogP contribution in [0, 0.1) is 24.7 Å². The molecule has 1 aromatic rings. The van der Waals surface area contributed by atoms with E-state index in [9.17, 15) is 4.79 Å². The minimum atomic E-state index is 0.0594. The third kappa shape index (κ3) is 2.35. The highest BCUT2D eigenvalue weighted by Gasteiger charge is 2.49. The molecule has 4 atom stereocenters. The Hall–Kier alpha value is -1.35. The number of amides is 1. The molecule has 1 aromatic carbocycles. The molecule has 0 spiro atoms. The van der Waals surface area contributed by atoms with Crippen LogP contribution in [0.4, 0.5) is 0 Å². The van der Waals surface area contributed by atoms with Crippen LogP contribution in [0.15, 0.2) is 24.3 Å². The summed E-state index contributed by atoms with van der Waals surface area (Å²) in [5, 5.41) is 0. The van der Waals surface area contributed by atoms with Gasteiger partial charge in [-0.3, -0.25) is 4.79 Å². The van der Waals surface area contributed by atoms with Crippen LogP contribution < -0.4 is 5.73 Å². The normalized spacial score (nSPS) is 31.6. The van der Waals surface area contributed by atoms with Gasteiger partial charge in [0.05, 0.1) is 5.92 Å². The molecule has 3 nitrogen and oxygen atoms in total. The van der Waals surface area contributed by atoms with E-state index in [1.54, 1.807) is 0 Å². The fraction of sp³-hybridized carbons (Fsp3) is 0.588. The first-order chi connectivity index (χ1) is 9.56. The number of rotatable bonds is 3. The summed E-state index contributed by atoms with van der Waals surface area (Å²) in [6, 6.07) is 8.47. The molecule has 0 radical (unpaired) electrons. The van der Waals surface area contributed by atoms with Gasteiger partial charge in [-0.15, -0.1) is 0 Å². The van der Waals surface area contributed by atoms with E-state index in [1.165, 1.54) is 24.0 Å². The maximum absolute atomic E-state index is 12.7. The van der Waals surface area contributed by atoms with Gasteiger partial charge in [-0.05, 0) is 43.6 Å². The van der Waals surface area contributed by atoms with Crippen LogP contribution in [-0.2, 0) is 11.3 Å². The lowest BCUT2D eigenvalue weighted by Gasteiger charge is -2.30. The van der Waals surface area contributed by atoms with Crippen LogP contribution in [0.1, 0.15) is 30.4 Å². The first-order valence-corrected chi connectivity index (χ1v) is 7.62. The molecule has 0 aromatic heterocycles. The van der Waals surface area contributed by atoms with E-state index >= 15 is 0 Å². The predicted octanol–water partition coefficient (Wildman–Crippen LogP) is 2.33. The quantitative estimate of drug-likeness (QED) is 0.918. The van der Waals surface area contributed by atoms with Gasteiger partial charge in [0, 0.05) is 19.6 Å². The number of aryl methyl sites for hydroxylation is 1. The first kappa shape index (κ1) is 13.6. The van der Waals surface area contributed by atoms with Crippen LogP contribution >= 0.6 is 0 Å². The molecule has 20 heavy (non-hydrogen) atoms. The maximum Gasteiger partial charge on any atom is 0.227 e.